The molecule has 0 aliphatic heterocycles. The molecule has 22 heavy (non-hydrogen) atoms. The zero-order chi connectivity index (χ0) is 15.7. The molecule has 0 amide bonds. The lowest BCUT2D eigenvalue weighted by Gasteiger charge is -2.46. The van der Waals surface area contributed by atoms with Crippen LogP contribution in [0.3, 0.4) is 0 Å². The van der Waals surface area contributed by atoms with Gasteiger partial charge in [0, 0.05) is 5.92 Å². The van der Waals surface area contributed by atoms with Gasteiger partial charge in [-0.05, 0) is 90.5 Å². The maximum absolute atomic E-state index is 16.2. The van der Waals surface area contributed by atoms with E-state index in [0.29, 0.717) is 29.6 Å². The van der Waals surface area contributed by atoms with Crippen molar-refractivity contribution in [1.29, 1.82) is 0 Å². The third-order valence-electron chi connectivity index (χ3n) is 6.90. The minimum Gasteiger partial charge on any atom is -0.367 e. The lowest BCUT2D eigenvalue weighted by atomic mass is 9.81. The van der Waals surface area contributed by atoms with Gasteiger partial charge < -0.3 is 4.74 Å². The summed E-state index contributed by atoms with van der Waals surface area (Å²) in [6.45, 7) is 6.73. The van der Waals surface area contributed by atoms with Gasteiger partial charge in [0.2, 0.25) is 0 Å². The second kappa shape index (κ2) is 5.18. The van der Waals surface area contributed by atoms with Gasteiger partial charge in [0.15, 0.2) is 4.58 Å². The van der Waals surface area contributed by atoms with Crippen LogP contribution in [0.2, 0.25) is 0 Å². The van der Waals surface area contributed by atoms with Crippen LogP contribution < -0.4 is 0 Å². The molecule has 1 radical (unpaired) electrons. The Morgan fingerprint density at radius 3 is 1.86 bits per heavy atom. The van der Waals surface area contributed by atoms with Crippen molar-refractivity contribution in [2.75, 3.05) is 0 Å². The van der Waals surface area contributed by atoms with Crippen molar-refractivity contribution in [2.24, 2.45) is 35.5 Å². The minimum atomic E-state index is -1.34. The van der Waals surface area contributed by atoms with E-state index in [4.69, 9.17) is 4.74 Å². The van der Waals surface area contributed by atoms with Gasteiger partial charge in [-0.25, -0.2) is 4.39 Å². The molecule has 0 aromatic carbocycles. The number of hydrogen-bond acceptors (Lipinski definition) is 1. The molecule has 0 N–H and O–H groups in total. The molecule has 125 valence electrons. The zero-order valence-electron chi connectivity index (χ0n) is 14.0. The van der Waals surface area contributed by atoms with Crippen molar-refractivity contribution in [2.45, 2.75) is 75.6 Å². The first-order valence-corrected chi connectivity index (χ1v) is 10.0. The second-order valence-electron chi connectivity index (χ2n) is 8.72. The molecule has 0 aromatic heterocycles. The van der Waals surface area contributed by atoms with E-state index in [1.807, 2.05) is 0 Å². The van der Waals surface area contributed by atoms with Gasteiger partial charge in [-0.3, -0.25) is 0 Å². The molecule has 4 rings (SSSR count). The predicted molar refractivity (Wildman–Crippen MR) is 90.3 cm³/mol. The highest BCUT2D eigenvalue weighted by molar-refractivity contribution is 9.10. The molecule has 4 aliphatic rings. The van der Waals surface area contributed by atoms with E-state index in [1.165, 1.54) is 0 Å². The summed E-state index contributed by atoms with van der Waals surface area (Å²) in [5, 5.41) is 0. The molecule has 8 atom stereocenters. The lowest BCUT2D eigenvalue weighted by molar-refractivity contribution is -0.179. The summed E-state index contributed by atoms with van der Waals surface area (Å²) < 4.78 is 21.6. The van der Waals surface area contributed by atoms with Gasteiger partial charge >= 0.3 is 0 Å². The topological polar surface area (TPSA) is 9.23 Å². The molecule has 4 aliphatic carbocycles. The molecular formula is C19H29BrFO. The van der Waals surface area contributed by atoms with Gasteiger partial charge in [0.05, 0.1) is 6.10 Å². The normalized spacial score (nSPS) is 49.5. The second-order valence-corrected chi connectivity index (χ2v) is 9.87. The summed E-state index contributed by atoms with van der Waals surface area (Å²) in [5.74, 6) is 2.66. The Labute approximate surface area is 142 Å². The molecule has 0 spiro atoms. The third kappa shape index (κ3) is 2.32. The van der Waals surface area contributed by atoms with Crippen LogP contribution in [0.1, 0.15) is 59.3 Å². The highest BCUT2D eigenvalue weighted by Gasteiger charge is 2.74. The van der Waals surface area contributed by atoms with Crippen molar-refractivity contribution in [3.63, 3.8) is 0 Å². The van der Waals surface area contributed by atoms with Gasteiger partial charge in [-0.2, -0.15) is 0 Å². The summed E-state index contributed by atoms with van der Waals surface area (Å²) in [6, 6.07) is 0. The fraction of sp³-hybridized carbons (Fsp3) is 0.947. The minimum absolute atomic E-state index is 0.137. The Bertz CT molecular complexity index is 429. The van der Waals surface area contributed by atoms with Crippen LogP contribution >= 0.6 is 15.9 Å². The molecular weight excluding hydrogens is 343 g/mol. The molecule has 0 heterocycles. The van der Waals surface area contributed by atoms with Crippen molar-refractivity contribution < 1.29 is 9.13 Å². The van der Waals surface area contributed by atoms with E-state index in [1.54, 1.807) is 0 Å². The molecule has 4 fully saturated rings. The number of rotatable bonds is 6. The standard InChI is InChI=1S/C19H29BrFO/c1-11-8-15(11)18(16-9-12(16)2,22-14-6-4-5-7-14)19(20,21)17-10-13(17)3/h4,11-17H,5-10H2,1-3H3. The Morgan fingerprint density at radius 2 is 1.50 bits per heavy atom. The molecule has 0 bridgehead atoms. The monoisotopic (exact) mass is 371 g/mol. The van der Waals surface area contributed by atoms with Crippen molar-refractivity contribution in [1.82, 2.24) is 0 Å². The fourth-order valence-electron chi connectivity index (χ4n) is 5.09. The molecule has 4 saturated carbocycles. The molecule has 0 saturated heterocycles. The van der Waals surface area contributed by atoms with Crippen molar-refractivity contribution >= 4 is 15.9 Å². The number of hydrogen-bond donors (Lipinski definition) is 0. The van der Waals surface area contributed by atoms with Crippen molar-refractivity contribution in [3.8, 4) is 0 Å². The average molecular weight is 372 g/mol. The first-order valence-electron chi connectivity index (χ1n) is 9.25. The summed E-state index contributed by atoms with van der Waals surface area (Å²) in [6.07, 6.45) is 9.04. The van der Waals surface area contributed by atoms with Gasteiger partial charge in [0.1, 0.15) is 5.60 Å². The summed E-state index contributed by atoms with van der Waals surface area (Å²) >= 11 is 3.61. The van der Waals surface area contributed by atoms with Crippen LogP contribution in [-0.2, 0) is 4.74 Å². The van der Waals surface area contributed by atoms with E-state index >= 15 is 4.39 Å². The van der Waals surface area contributed by atoms with Crippen molar-refractivity contribution in [3.05, 3.63) is 6.42 Å². The summed E-state index contributed by atoms with van der Waals surface area (Å²) in [5.41, 5.74) is -0.579. The van der Waals surface area contributed by atoms with Gasteiger partial charge in [-0.15, -0.1) is 0 Å². The highest BCUT2D eigenvalue weighted by atomic mass is 79.9. The average Bonchev–Trinajstić information content (AvgIpc) is 3.40. The van der Waals surface area contributed by atoms with E-state index in [-0.39, 0.29) is 12.0 Å². The number of ether oxygens (including phenoxy) is 1. The van der Waals surface area contributed by atoms with Crippen LogP contribution in [0, 0.1) is 41.9 Å². The largest absolute Gasteiger partial charge is 0.367 e. The quantitative estimate of drug-likeness (QED) is 0.557. The summed E-state index contributed by atoms with van der Waals surface area (Å²) in [7, 11) is 0. The number of halogens is 2. The first-order chi connectivity index (χ1) is 10.4. The molecule has 0 aromatic rings. The van der Waals surface area contributed by atoms with E-state index in [2.05, 4.69) is 43.1 Å². The SMILES string of the molecule is CC1CC1C(F)(Br)C(OC1C[CH]CC1)(C1CC1C)C1CC1C. The van der Waals surface area contributed by atoms with Crippen LogP contribution in [0.4, 0.5) is 4.39 Å². The maximum atomic E-state index is 16.2. The Kier molecular flexibility index (Phi) is 3.74. The van der Waals surface area contributed by atoms with Crippen LogP contribution in [-0.4, -0.2) is 16.3 Å². The maximum Gasteiger partial charge on any atom is 0.197 e. The first kappa shape index (κ1) is 15.9. The van der Waals surface area contributed by atoms with Gasteiger partial charge in [-0.1, -0.05) is 20.8 Å². The Morgan fingerprint density at radius 1 is 1.00 bits per heavy atom. The fourth-order valence-corrected chi connectivity index (χ4v) is 6.41. The molecule has 3 heteroatoms. The van der Waals surface area contributed by atoms with Gasteiger partial charge in [0.25, 0.3) is 0 Å². The Balaban J connectivity index is 1.68. The molecule has 1 nitrogen and oxygen atoms in total. The Hall–Kier alpha value is 0.370. The lowest BCUT2D eigenvalue weighted by Crippen LogP contribution is -2.57. The van der Waals surface area contributed by atoms with E-state index in [9.17, 15) is 0 Å². The summed E-state index contributed by atoms with van der Waals surface area (Å²) in [4.78, 5) is 0. The van der Waals surface area contributed by atoms with Crippen LogP contribution in [0.5, 0.6) is 0 Å². The smallest absolute Gasteiger partial charge is 0.197 e. The van der Waals surface area contributed by atoms with E-state index < -0.39 is 10.2 Å². The van der Waals surface area contributed by atoms with Crippen LogP contribution in [0.25, 0.3) is 0 Å². The predicted octanol–water partition coefficient (Wildman–Crippen LogP) is 5.53. The molecule has 8 unspecified atom stereocenters. The zero-order valence-corrected chi connectivity index (χ0v) is 15.6. The van der Waals surface area contributed by atoms with E-state index in [0.717, 1.165) is 38.5 Å². The number of alkyl halides is 2. The highest BCUT2D eigenvalue weighted by Crippen LogP contribution is 2.70. The third-order valence-corrected chi connectivity index (χ3v) is 8.11. The van der Waals surface area contributed by atoms with Crippen LogP contribution in [0.15, 0.2) is 0 Å².